The molecule has 2 aromatic heterocycles. The normalized spacial score (nSPS) is 23.3. The Morgan fingerprint density at radius 3 is 2.60 bits per heavy atom. The van der Waals surface area contributed by atoms with Crippen LogP contribution in [0.5, 0.6) is 17.6 Å². The molecule has 10 rings (SSSR count). The number of piperidine rings is 1. The van der Waals surface area contributed by atoms with E-state index < -0.39 is 0 Å². The summed E-state index contributed by atoms with van der Waals surface area (Å²) >= 11 is 0. The number of piperazine rings is 1. The summed E-state index contributed by atoms with van der Waals surface area (Å²) in [7, 11) is 1.61. The Hall–Kier alpha value is -3.76. The third kappa shape index (κ3) is 3.77. The summed E-state index contributed by atoms with van der Waals surface area (Å²) in [6.07, 6.45) is 5.07. The first-order valence-electron chi connectivity index (χ1n) is 15.1. The van der Waals surface area contributed by atoms with E-state index in [1.165, 1.54) is 25.6 Å². The van der Waals surface area contributed by atoms with Crippen molar-refractivity contribution >= 4 is 27.5 Å². The molecule has 0 spiro atoms. The summed E-state index contributed by atoms with van der Waals surface area (Å²) in [4.78, 5) is 19.8. The lowest BCUT2D eigenvalue weighted by Crippen LogP contribution is -2.67. The van der Waals surface area contributed by atoms with Gasteiger partial charge in [-0.1, -0.05) is 6.07 Å². The molecule has 4 saturated heterocycles. The number of aromatic hydroxyl groups is 1. The van der Waals surface area contributed by atoms with Crippen LogP contribution in [0.15, 0.2) is 24.3 Å². The minimum atomic E-state index is -0.279. The SMILES string of the molecule is COc1nc2c(c3nc(OCC4(CN5CCC5)CC4)nc(N4CC5CC(C4)N5)c13)Cc1c(F)ccc3cc(O)cc-2c13. The number of pyridine rings is 1. The van der Waals surface area contributed by atoms with Crippen molar-refractivity contribution in [3.63, 3.8) is 0 Å². The van der Waals surface area contributed by atoms with E-state index in [0.29, 0.717) is 59.3 Å². The molecule has 4 aliphatic heterocycles. The number of phenols is 1. The van der Waals surface area contributed by atoms with E-state index >= 15 is 4.39 Å². The van der Waals surface area contributed by atoms with Crippen LogP contribution in [-0.4, -0.2) is 83.5 Å². The number of nitrogens with one attached hydrogen (secondary N) is 1. The molecule has 2 aromatic carbocycles. The Bertz CT molecular complexity index is 1770. The van der Waals surface area contributed by atoms with Crippen molar-refractivity contribution in [2.75, 3.05) is 51.3 Å². The molecule has 9 nitrogen and oxygen atoms in total. The van der Waals surface area contributed by atoms with E-state index in [1.807, 2.05) is 0 Å². The van der Waals surface area contributed by atoms with Crippen LogP contribution in [-0.2, 0) is 6.42 Å². The topological polar surface area (TPSA) is 95.9 Å². The summed E-state index contributed by atoms with van der Waals surface area (Å²) in [5.74, 6) is 1.00. The van der Waals surface area contributed by atoms with Crippen LogP contribution in [0.25, 0.3) is 32.9 Å². The Labute approximate surface area is 242 Å². The van der Waals surface area contributed by atoms with Crippen molar-refractivity contribution in [1.29, 1.82) is 0 Å². The number of halogens is 1. The summed E-state index contributed by atoms with van der Waals surface area (Å²) in [6.45, 7) is 5.63. The number of ether oxygens (including phenoxy) is 2. The molecule has 1 saturated carbocycles. The van der Waals surface area contributed by atoms with E-state index in [-0.39, 0.29) is 17.0 Å². The molecule has 10 heteroatoms. The molecule has 2 unspecified atom stereocenters. The second kappa shape index (κ2) is 8.87. The monoisotopic (exact) mass is 568 g/mol. The Balaban J connectivity index is 1.22. The number of anilines is 1. The number of nitrogens with zero attached hydrogens (tertiary/aromatic N) is 5. The summed E-state index contributed by atoms with van der Waals surface area (Å²) in [6, 6.07) is 7.69. The number of rotatable bonds is 7. The van der Waals surface area contributed by atoms with Gasteiger partial charge in [0.15, 0.2) is 0 Å². The summed E-state index contributed by atoms with van der Waals surface area (Å²) in [5, 5.41) is 16.5. The zero-order chi connectivity index (χ0) is 28.2. The molecule has 6 heterocycles. The number of hydrogen-bond acceptors (Lipinski definition) is 9. The van der Waals surface area contributed by atoms with Crippen LogP contribution >= 0.6 is 0 Å². The molecule has 216 valence electrons. The van der Waals surface area contributed by atoms with Crippen LogP contribution in [0.2, 0.25) is 0 Å². The first kappa shape index (κ1) is 24.8. The van der Waals surface area contributed by atoms with Gasteiger partial charge in [0, 0.05) is 60.2 Å². The first-order chi connectivity index (χ1) is 20.5. The Morgan fingerprint density at radius 2 is 1.88 bits per heavy atom. The standard InChI is InChI=1S/C32H33FN6O3/c1-41-30-26-28(23-12-21-24(33)4-3-17-9-20(40)11-22(25(17)21)27(23)35-30)36-31(37-29(26)39-13-18-10-19(14-39)34-18)42-16-32(5-6-32)15-38-7-2-8-38/h3-4,9,11,18-19,34,40H,2,5-8,10,12-16H2,1H3. The molecule has 6 aliphatic rings. The molecule has 2 aliphatic carbocycles. The second-order valence-corrected chi connectivity index (χ2v) is 12.9. The minimum absolute atomic E-state index is 0.105. The van der Waals surface area contributed by atoms with Gasteiger partial charge in [-0.15, -0.1) is 0 Å². The third-order valence-corrected chi connectivity index (χ3v) is 10.0. The number of likely N-dealkylation sites (tertiary alicyclic amines) is 1. The highest BCUT2D eigenvalue weighted by atomic mass is 19.1. The van der Waals surface area contributed by atoms with E-state index in [0.717, 1.165) is 66.4 Å². The molecular weight excluding hydrogens is 535 g/mol. The number of phenolic OH excluding ortho intramolecular Hbond substituents is 1. The fraction of sp³-hybridized carbons (Fsp3) is 0.469. The zero-order valence-corrected chi connectivity index (χ0v) is 23.6. The van der Waals surface area contributed by atoms with Gasteiger partial charge < -0.3 is 29.7 Å². The van der Waals surface area contributed by atoms with Crippen molar-refractivity contribution < 1.29 is 19.0 Å². The van der Waals surface area contributed by atoms with Crippen molar-refractivity contribution in [2.45, 2.75) is 44.2 Å². The molecule has 0 amide bonds. The van der Waals surface area contributed by atoms with Gasteiger partial charge in [0.2, 0.25) is 5.88 Å². The van der Waals surface area contributed by atoms with Crippen molar-refractivity contribution in [1.82, 2.24) is 25.2 Å². The maximum absolute atomic E-state index is 15.4. The molecule has 4 aromatic rings. The molecule has 2 N–H and O–H groups in total. The van der Waals surface area contributed by atoms with Gasteiger partial charge in [-0.3, -0.25) is 0 Å². The van der Waals surface area contributed by atoms with Crippen LogP contribution in [0.1, 0.15) is 36.8 Å². The highest BCUT2D eigenvalue weighted by Crippen LogP contribution is 2.49. The van der Waals surface area contributed by atoms with Gasteiger partial charge in [-0.05, 0) is 67.7 Å². The molecule has 42 heavy (non-hydrogen) atoms. The number of benzene rings is 2. The molecule has 0 radical (unpaired) electrons. The first-order valence-corrected chi connectivity index (χ1v) is 15.1. The van der Waals surface area contributed by atoms with Crippen molar-refractivity contribution in [3.05, 3.63) is 41.2 Å². The predicted molar refractivity (Wildman–Crippen MR) is 157 cm³/mol. The van der Waals surface area contributed by atoms with Gasteiger partial charge in [0.25, 0.3) is 0 Å². The van der Waals surface area contributed by atoms with Crippen LogP contribution in [0.3, 0.4) is 0 Å². The van der Waals surface area contributed by atoms with E-state index in [2.05, 4.69) is 15.1 Å². The van der Waals surface area contributed by atoms with Gasteiger partial charge in [0.1, 0.15) is 22.8 Å². The van der Waals surface area contributed by atoms with E-state index in [1.54, 1.807) is 25.3 Å². The number of methoxy groups -OCH3 is 1. The maximum Gasteiger partial charge on any atom is 0.318 e. The fourth-order valence-electron chi connectivity index (χ4n) is 7.49. The lowest BCUT2D eigenvalue weighted by atomic mass is 9.85. The van der Waals surface area contributed by atoms with Gasteiger partial charge in [-0.2, -0.15) is 9.97 Å². The van der Waals surface area contributed by atoms with Crippen LogP contribution in [0, 0.1) is 11.2 Å². The smallest absolute Gasteiger partial charge is 0.318 e. The Morgan fingerprint density at radius 1 is 1.07 bits per heavy atom. The second-order valence-electron chi connectivity index (χ2n) is 12.9. The van der Waals surface area contributed by atoms with Crippen molar-refractivity contribution in [3.8, 4) is 28.9 Å². The largest absolute Gasteiger partial charge is 0.508 e. The highest BCUT2D eigenvalue weighted by Gasteiger charge is 2.46. The summed E-state index contributed by atoms with van der Waals surface area (Å²) in [5.41, 5.74) is 3.54. The van der Waals surface area contributed by atoms with E-state index in [9.17, 15) is 5.11 Å². The maximum atomic E-state index is 15.4. The fourth-order valence-corrected chi connectivity index (χ4v) is 7.49. The summed E-state index contributed by atoms with van der Waals surface area (Å²) < 4.78 is 27.7. The van der Waals surface area contributed by atoms with Crippen molar-refractivity contribution in [2.24, 2.45) is 5.41 Å². The Kier molecular flexibility index (Phi) is 5.24. The van der Waals surface area contributed by atoms with Crippen LogP contribution < -0.4 is 19.7 Å². The van der Waals surface area contributed by atoms with Gasteiger partial charge in [-0.25, -0.2) is 9.37 Å². The van der Waals surface area contributed by atoms with E-state index in [4.69, 9.17) is 24.4 Å². The number of aromatic nitrogens is 3. The van der Waals surface area contributed by atoms with Crippen LogP contribution in [0.4, 0.5) is 10.2 Å². The van der Waals surface area contributed by atoms with Gasteiger partial charge in [0.05, 0.1) is 24.9 Å². The quantitative estimate of drug-likeness (QED) is 0.302. The number of fused-ring (bicyclic) bond motifs is 6. The molecule has 5 fully saturated rings. The van der Waals surface area contributed by atoms with Gasteiger partial charge >= 0.3 is 6.01 Å². The predicted octanol–water partition coefficient (Wildman–Crippen LogP) is 4.02. The molecular formula is C32H33FN6O3. The lowest BCUT2D eigenvalue weighted by Gasteiger charge is -2.48. The average Bonchev–Trinajstić information content (AvgIpc) is 3.74. The zero-order valence-electron chi connectivity index (χ0n) is 23.6. The minimum Gasteiger partial charge on any atom is -0.508 e. The molecule has 2 atom stereocenters. The lowest BCUT2D eigenvalue weighted by molar-refractivity contribution is 0.111. The molecule has 2 bridgehead atoms. The number of hydrogen-bond donors (Lipinski definition) is 2. The average molecular weight is 569 g/mol. The highest BCUT2D eigenvalue weighted by molar-refractivity contribution is 6.07. The third-order valence-electron chi connectivity index (χ3n) is 10.0.